The van der Waals surface area contributed by atoms with Gasteiger partial charge < -0.3 is 10.4 Å². The third-order valence-electron chi connectivity index (χ3n) is 3.51. The van der Waals surface area contributed by atoms with Crippen LogP contribution in [0, 0.1) is 0 Å². The number of amides is 2. The minimum atomic E-state index is -0.461. The van der Waals surface area contributed by atoms with E-state index in [4.69, 9.17) is 17.4 Å². The van der Waals surface area contributed by atoms with Crippen LogP contribution >= 0.6 is 23.4 Å². The molecule has 10 heteroatoms. The van der Waals surface area contributed by atoms with Gasteiger partial charge in [-0.2, -0.15) is 0 Å². The van der Waals surface area contributed by atoms with Crippen molar-refractivity contribution < 1.29 is 9.59 Å². The van der Waals surface area contributed by atoms with Crippen LogP contribution in [0.3, 0.4) is 0 Å². The van der Waals surface area contributed by atoms with Gasteiger partial charge in [-0.15, -0.1) is 10.2 Å². The summed E-state index contributed by atoms with van der Waals surface area (Å²) in [7, 11) is 1.72. The number of imide groups is 1. The predicted octanol–water partition coefficient (Wildman–Crippen LogP) is 1.70. The molecule has 0 radical (unpaired) electrons. The third kappa shape index (κ3) is 3.89. The van der Waals surface area contributed by atoms with Crippen LogP contribution in [0.1, 0.15) is 10.5 Å². The van der Waals surface area contributed by atoms with E-state index in [1.54, 1.807) is 54.2 Å². The molecule has 8 nitrogen and oxygen atoms in total. The maximum Gasteiger partial charge on any atom is 0.274 e. The Morgan fingerprint density at radius 2 is 2.08 bits per heavy atom. The Kier molecular flexibility index (Phi) is 5.29. The molecule has 0 aliphatic heterocycles. The first-order valence-electron chi connectivity index (χ1n) is 7.50. The lowest BCUT2D eigenvalue weighted by molar-refractivity contribution is -0.117. The molecule has 3 rings (SSSR count). The molecule has 0 atom stereocenters. The number of benzene rings is 1. The van der Waals surface area contributed by atoms with Crippen LogP contribution in [-0.2, 0) is 11.8 Å². The Morgan fingerprint density at radius 1 is 1.27 bits per heavy atom. The van der Waals surface area contributed by atoms with Gasteiger partial charge in [0, 0.05) is 23.8 Å². The van der Waals surface area contributed by atoms with E-state index in [0.717, 1.165) is 11.8 Å². The van der Waals surface area contributed by atoms with Crippen molar-refractivity contribution in [1.29, 1.82) is 0 Å². The fourth-order valence-electron chi connectivity index (χ4n) is 2.25. The molecular weight excluding hydrogens is 376 g/mol. The van der Waals surface area contributed by atoms with Crippen molar-refractivity contribution in [3.63, 3.8) is 0 Å². The molecule has 0 saturated carbocycles. The molecule has 0 spiro atoms. The van der Waals surface area contributed by atoms with Crippen LogP contribution in [0.4, 0.5) is 0 Å². The topological polar surface area (TPSA) is 108 Å². The molecule has 0 fully saturated rings. The van der Waals surface area contributed by atoms with E-state index in [1.165, 1.54) is 4.68 Å². The Morgan fingerprint density at radius 3 is 2.77 bits per heavy atom. The van der Waals surface area contributed by atoms with E-state index < -0.39 is 11.8 Å². The van der Waals surface area contributed by atoms with Gasteiger partial charge in [0.1, 0.15) is 5.69 Å². The highest BCUT2D eigenvalue weighted by atomic mass is 35.5. The number of nitrogens with two attached hydrogens (primary N) is 1. The van der Waals surface area contributed by atoms with Crippen LogP contribution in [0.5, 0.6) is 0 Å². The van der Waals surface area contributed by atoms with E-state index in [2.05, 4.69) is 15.5 Å². The molecular formula is C16H15ClN6O2S. The second-order valence-electron chi connectivity index (χ2n) is 5.36. The molecule has 1 aromatic carbocycles. The summed E-state index contributed by atoms with van der Waals surface area (Å²) in [5.41, 5.74) is 1.11. The molecule has 0 saturated heterocycles. The summed E-state index contributed by atoms with van der Waals surface area (Å²) in [5.74, 6) is 5.48. The van der Waals surface area contributed by atoms with E-state index in [1.807, 2.05) is 0 Å². The van der Waals surface area contributed by atoms with Crippen LogP contribution in [0.15, 0.2) is 47.8 Å². The van der Waals surface area contributed by atoms with Crippen molar-refractivity contribution in [1.82, 2.24) is 24.8 Å². The number of hydrogen-bond donors (Lipinski definition) is 2. The zero-order valence-electron chi connectivity index (χ0n) is 13.7. The third-order valence-corrected chi connectivity index (χ3v) is 4.69. The molecule has 0 bridgehead atoms. The molecule has 3 N–H and O–H groups in total. The van der Waals surface area contributed by atoms with Gasteiger partial charge in [0.15, 0.2) is 5.82 Å². The van der Waals surface area contributed by atoms with E-state index >= 15 is 0 Å². The average Bonchev–Trinajstić information content (AvgIpc) is 3.19. The van der Waals surface area contributed by atoms with E-state index in [0.29, 0.717) is 27.3 Å². The van der Waals surface area contributed by atoms with Gasteiger partial charge in [0.25, 0.3) is 5.91 Å². The predicted molar refractivity (Wildman–Crippen MR) is 99.2 cm³/mol. The SMILES string of the molecule is Cn1cccc1C(=O)NC(=O)CSc1nnc(-c2cccc(Cl)c2)n1N. The molecule has 3 aromatic rings. The van der Waals surface area contributed by atoms with Crippen molar-refractivity contribution in [2.75, 3.05) is 11.6 Å². The number of carbonyl (C=O) groups is 2. The first kappa shape index (κ1) is 18.0. The highest BCUT2D eigenvalue weighted by Crippen LogP contribution is 2.23. The molecule has 134 valence electrons. The van der Waals surface area contributed by atoms with Gasteiger partial charge in [-0.25, -0.2) is 4.68 Å². The number of hydrogen-bond acceptors (Lipinski definition) is 6. The highest BCUT2D eigenvalue weighted by Gasteiger charge is 2.16. The molecule has 2 aromatic heterocycles. The highest BCUT2D eigenvalue weighted by molar-refractivity contribution is 7.99. The Hall–Kier alpha value is -2.78. The summed E-state index contributed by atoms with van der Waals surface area (Å²) in [4.78, 5) is 24.0. The lowest BCUT2D eigenvalue weighted by Gasteiger charge is -2.05. The zero-order valence-corrected chi connectivity index (χ0v) is 15.3. The van der Waals surface area contributed by atoms with Gasteiger partial charge in [-0.05, 0) is 24.3 Å². The normalized spacial score (nSPS) is 10.7. The van der Waals surface area contributed by atoms with Crippen LogP contribution in [-0.4, -0.2) is 37.0 Å². The Balaban J connectivity index is 1.62. The number of nitrogens with one attached hydrogen (secondary N) is 1. The Labute approximate surface area is 158 Å². The summed E-state index contributed by atoms with van der Waals surface area (Å²) in [6, 6.07) is 10.4. The smallest absolute Gasteiger partial charge is 0.274 e. The van der Waals surface area contributed by atoms with Crippen LogP contribution < -0.4 is 11.2 Å². The van der Waals surface area contributed by atoms with Gasteiger partial charge in [0.2, 0.25) is 11.1 Å². The lowest BCUT2D eigenvalue weighted by atomic mass is 10.2. The molecule has 0 aliphatic carbocycles. The number of nitrogen functional groups attached to an aromatic ring is 1. The number of nitrogens with zero attached hydrogens (tertiary/aromatic N) is 4. The first-order valence-corrected chi connectivity index (χ1v) is 8.87. The second-order valence-corrected chi connectivity index (χ2v) is 6.74. The summed E-state index contributed by atoms with van der Waals surface area (Å²) < 4.78 is 2.91. The maximum atomic E-state index is 12.0. The van der Waals surface area contributed by atoms with Crippen molar-refractivity contribution in [3.05, 3.63) is 53.3 Å². The minimum Gasteiger partial charge on any atom is -0.347 e. The standard InChI is InChI=1S/C16H15ClN6O2S/c1-22-7-3-6-12(22)15(25)19-13(24)9-26-16-21-20-14(23(16)18)10-4-2-5-11(17)8-10/h2-8H,9,18H2,1H3,(H,19,24,25). The summed E-state index contributed by atoms with van der Waals surface area (Å²) >= 11 is 7.05. The van der Waals surface area contributed by atoms with Crippen LogP contribution in [0.2, 0.25) is 5.02 Å². The molecule has 0 unspecified atom stereocenters. The van der Waals surface area contributed by atoms with Crippen molar-refractivity contribution >= 4 is 35.2 Å². The van der Waals surface area contributed by atoms with Gasteiger partial charge >= 0.3 is 0 Å². The number of rotatable bonds is 5. The maximum absolute atomic E-state index is 12.0. The summed E-state index contributed by atoms with van der Waals surface area (Å²) in [6.07, 6.45) is 1.72. The number of halogens is 1. The van der Waals surface area contributed by atoms with Crippen molar-refractivity contribution in [2.24, 2.45) is 7.05 Å². The van der Waals surface area contributed by atoms with E-state index in [9.17, 15) is 9.59 Å². The minimum absolute atomic E-state index is 0.0267. The molecule has 2 amide bonds. The van der Waals surface area contributed by atoms with Gasteiger partial charge in [-0.3, -0.25) is 14.9 Å². The lowest BCUT2D eigenvalue weighted by Crippen LogP contribution is -2.33. The number of thioether (sulfide) groups is 1. The average molecular weight is 391 g/mol. The quantitative estimate of drug-likeness (QED) is 0.507. The van der Waals surface area contributed by atoms with E-state index in [-0.39, 0.29) is 5.75 Å². The number of carbonyl (C=O) groups excluding carboxylic acids is 2. The molecule has 2 heterocycles. The first-order chi connectivity index (χ1) is 12.5. The van der Waals surface area contributed by atoms with Gasteiger partial charge in [0.05, 0.1) is 5.75 Å². The number of aromatic nitrogens is 4. The fraction of sp³-hybridized carbons (Fsp3) is 0.125. The Bertz CT molecular complexity index is 967. The summed E-state index contributed by atoms with van der Waals surface area (Å²) in [5, 5.41) is 11.2. The van der Waals surface area contributed by atoms with Crippen molar-refractivity contribution in [3.8, 4) is 11.4 Å². The summed E-state index contributed by atoms with van der Waals surface area (Å²) in [6.45, 7) is 0. The number of aryl methyl sites for hydroxylation is 1. The van der Waals surface area contributed by atoms with Gasteiger partial charge in [-0.1, -0.05) is 35.5 Å². The van der Waals surface area contributed by atoms with Crippen molar-refractivity contribution in [2.45, 2.75) is 5.16 Å². The largest absolute Gasteiger partial charge is 0.347 e. The molecule has 26 heavy (non-hydrogen) atoms. The zero-order chi connectivity index (χ0) is 18.7. The fourth-order valence-corrected chi connectivity index (χ4v) is 3.10. The molecule has 0 aliphatic rings. The van der Waals surface area contributed by atoms with Crippen LogP contribution in [0.25, 0.3) is 11.4 Å². The second kappa shape index (κ2) is 7.63. The monoisotopic (exact) mass is 390 g/mol.